The monoisotopic (exact) mass is 234 g/mol. The molecule has 4 heteroatoms. The highest BCUT2D eigenvalue weighted by atomic mass is 19.1. The predicted octanol–water partition coefficient (Wildman–Crippen LogP) is 1.70. The van der Waals surface area contributed by atoms with E-state index in [0.29, 0.717) is 17.7 Å². The predicted molar refractivity (Wildman–Crippen MR) is 61.6 cm³/mol. The van der Waals surface area contributed by atoms with Crippen molar-refractivity contribution in [2.24, 2.45) is 0 Å². The zero-order chi connectivity index (χ0) is 12.3. The lowest BCUT2D eigenvalue weighted by Crippen LogP contribution is -2.53. The van der Waals surface area contributed by atoms with E-state index in [4.69, 9.17) is 5.26 Å². The van der Waals surface area contributed by atoms with E-state index in [-0.39, 0.29) is 18.0 Å². The highest BCUT2D eigenvalue weighted by molar-refractivity contribution is 5.37. The Hall–Kier alpha value is -1.44. The molecule has 0 atom stereocenters. The molecule has 3 nitrogen and oxygen atoms in total. The minimum Gasteiger partial charge on any atom is -0.394 e. The van der Waals surface area contributed by atoms with Crippen LogP contribution in [0.5, 0.6) is 0 Å². The molecule has 0 aliphatic heterocycles. The largest absolute Gasteiger partial charge is 0.394 e. The quantitative estimate of drug-likeness (QED) is 0.833. The van der Waals surface area contributed by atoms with Crippen molar-refractivity contribution in [2.45, 2.75) is 31.3 Å². The van der Waals surface area contributed by atoms with Crippen LogP contribution in [0.4, 0.5) is 4.39 Å². The Morgan fingerprint density at radius 3 is 2.76 bits per heavy atom. The van der Waals surface area contributed by atoms with Crippen molar-refractivity contribution >= 4 is 0 Å². The van der Waals surface area contributed by atoms with E-state index < -0.39 is 0 Å². The number of hydrogen-bond donors (Lipinski definition) is 2. The summed E-state index contributed by atoms with van der Waals surface area (Å²) in [4.78, 5) is 0. The van der Waals surface area contributed by atoms with Crippen LogP contribution in [0.3, 0.4) is 0 Å². The normalized spacial score (nSPS) is 17.2. The fourth-order valence-electron chi connectivity index (χ4n) is 2.09. The topological polar surface area (TPSA) is 56.0 Å². The molecule has 0 spiro atoms. The number of nitrogens with one attached hydrogen (secondary N) is 1. The van der Waals surface area contributed by atoms with Gasteiger partial charge in [0.25, 0.3) is 0 Å². The van der Waals surface area contributed by atoms with E-state index in [2.05, 4.69) is 5.32 Å². The molecule has 2 rings (SSSR count). The van der Waals surface area contributed by atoms with E-state index in [0.717, 1.165) is 19.3 Å². The molecule has 17 heavy (non-hydrogen) atoms. The second-order valence-corrected chi connectivity index (χ2v) is 4.56. The first kappa shape index (κ1) is 12.0. The fraction of sp³-hybridized carbons (Fsp3) is 0.462. The molecule has 1 aliphatic carbocycles. The SMILES string of the molecule is N#Cc1ccc(F)cc1CNC1(CO)CCC1. The molecule has 0 radical (unpaired) electrons. The van der Waals surface area contributed by atoms with Crippen LogP contribution in [-0.2, 0) is 6.54 Å². The van der Waals surface area contributed by atoms with Crippen LogP contribution < -0.4 is 5.32 Å². The molecule has 0 amide bonds. The number of halogens is 1. The van der Waals surface area contributed by atoms with E-state index in [1.807, 2.05) is 6.07 Å². The van der Waals surface area contributed by atoms with Gasteiger partial charge in [0.2, 0.25) is 0 Å². The van der Waals surface area contributed by atoms with Crippen LogP contribution in [0.2, 0.25) is 0 Å². The number of rotatable bonds is 4. The summed E-state index contributed by atoms with van der Waals surface area (Å²) >= 11 is 0. The molecule has 2 N–H and O–H groups in total. The van der Waals surface area contributed by atoms with Gasteiger partial charge >= 0.3 is 0 Å². The first-order valence-electron chi connectivity index (χ1n) is 5.73. The van der Waals surface area contributed by atoms with E-state index in [1.165, 1.54) is 18.2 Å². The molecular weight excluding hydrogens is 219 g/mol. The van der Waals surface area contributed by atoms with Gasteiger partial charge in [-0.3, -0.25) is 0 Å². The van der Waals surface area contributed by atoms with Crippen molar-refractivity contribution in [1.82, 2.24) is 5.32 Å². The fourth-order valence-corrected chi connectivity index (χ4v) is 2.09. The van der Waals surface area contributed by atoms with E-state index in [1.54, 1.807) is 0 Å². The Morgan fingerprint density at radius 1 is 1.47 bits per heavy atom. The number of aliphatic hydroxyl groups excluding tert-OH is 1. The molecule has 0 bridgehead atoms. The van der Waals surface area contributed by atoms with Gasteiger partial charge in [0, 0.05) is 12.1 Å². The standard InChI is InChI=1S/C13H15FN2O/c14-12-3-2-10(7-15)11(6-12)8-16-13(9-17)4-1-5-13/h2-3,6,16-17H,1,4-5,8-9H2. The molecule has 0 unspecified atom stereocenters. The number of benzene rings is 1. The van der Waals surface area contributed by atoms with Gasteiger partial charge in [-0.05, 0) is 43.0 Å². The minimum atomic E-state index is -0.340. The van der Waals surface area contributed by atoms with Crippen LogP contribution in [0.25, 0.3) is 0 Å². The maximum atomic E-state index is 13.1. The van der Waals surface area contributed by atoms with Gasteiger partial charge in [-0.25, -0.2) is 4.39 Å². The van der Waals surface area contributed by atoms with Crippen molar-refractivity contribution in [3.8, 4) is 6.07 Å². The average Bonchev–Trinajstić information content (AvgIpc) is 2.28. The molecule has 0 aromatic heterocycles. The van der Waals surface area contributed by atoms with Gasteiger partial charge in [0.15, 0.2) is 0 Å². The van der Waals surface area contributed by atoms with Gasteiger partial charge in [-0.15, -0.1) is 0 Å². The third kappa shape index (κ3) is 2.46. The van der Waals surface area contributed by atoms with Gasteiger partial charge in [0.1, 0.15) is 5.82 Å². The Balaban J connectivity index is 2.08. The van der Waals surface area contributed by atoms with Crippen LogP contribution in [0, 0.1) is 17.1 Å². The second kappa shape index (κ2) is 4.82. The van der Waals surface area contributed by atoms with Gasteiger partial charge in [0.05, 0.1) is 18.2 Å². The van der Waals surface area contributed by atoms with E-state index >= 15 is 0 Å². The lowest BCUT2D eigenvalue weighted by molar-refractivity contribution is 0.0871. The lowest BCUT2D eigenvalue weighted by Gasteiger charge is -2.41. The molecular formula is C13H15FN2O. The maximum Gasteiger partial charge on any atom is 0.123 e. The maximum absolute atomic E-state index is 13.1. The Kier molecular flexibility index (Phi) is 3.41. The van der Waals surface area contributed by atoms with Crippen molar-refractivity contribution < 1.29 is 9.50 Å². The zero-order valence-electron chi connectivity index (χ0n) is 9.54. The van der Waals surface area contributed by atoms with Crippen LogP contribution in [-0.4, -0.2) is 17.3 Å². The summed E-state index contributed by atoms with van der Waals surface area (Å²) in [5.41, 5.74) is 0.900. The van der Waals surface area contributed by atoms with Crippen molar-refractivity contribution in [1.29, 1.82) is 5.26 Å². The second-order valence-electron chi connectivity index (χ2n) is 4.56. The summed E-state index contributed by atoms with van der Waals surface area (Å²) in [6.45, 7) is 0.505. The first-order chi connectivity index (χ1) is 8.19. The van der Waals surface area contributed by atoms with Crippen molar-refractivity contribution in [2.75, 3.05) is 6.61 Å². The molecule has 1 aliphatic rings. The highest BCUT2D eigenvalue weighted by Gasteiger charge is 2.35. The number of nitriles is 1. The molecule has 1 saturated carbocycles. The van der Waals surface area contributed by atoms with Crippen LogP contribution >= 0.6 is 0 Å². The van der Waals surface area contributed by atoms with Gasteiger partial charge in [-0.1, -0.05) is 0 Å². The summed E-state index contributed by atoms with van der Waals surface area (Å²) in [5, 5.41) is 21.4. The summed E-state index contributed by atoms with van der Waals surface area (Å²) in [5.74, 6) is -0.340. The lowest BCUT2D eigenvalue weighted by atomic mass is 9.77. The molecule has 1 fully saturated rings. The smallest absolute Gasteiger partial charge is 0.123 e. The van der Waals surface area contributed by atoms with Crippen molar-refractivity contribution in [3.63, 3.8) is 0 Å². The molecule has 0 heterocycles. The molecule has 1 aromatic carbocycles. The zero-order valence-corrected chi connectivity index (χ0v) is 9.54. The molecule has 0 saturated heterocycles. The van der Waals surface area contributed by atoms with Crippen LogP contribution in [0.15, 0.2) is 18.2 Å². The highest BCUT2D eigenvalue weighted by Crippen LogP contribution is 2.31. The summed E-state index contributed by atoms with van der Waals surface area (Å²) < 4.78 is 13.1. The number of aliphatic hydroxyl groups is 1. The Bertz CT molecular complexity index is 444. The summed E-state index contributed by atoms with van der Waals surface area (Å²) in [7, 11) is 0. The minimum absolute atomic E-state index is 0.0875. The summed E-state index contributed by atoms with van der Waals surface area (Å²) in [6.07, 6.45) is 2.96. The Labute approximate surface area is 99.9 Å². The molecule has 1 aromatic rings. The van der Waals surface area contributed by atoms with Gasteiger partial charge in [-0.2, -0.15) is 5.26 Å². The van der Waals surface area contributed by atoms with E-state index in [9.17, 15) is 9.50 Å². The first-order valence-corrected chi connectivity index (χ1v) is 5.73. The summed E-state index contributed by atoms with van der Waals surface area (Å²) in [6, 6.07) is 6.18. The number of hydrogen-bond acceptors (Lipinski definition) is 3. The molecule has 90 valence electrons. The van der Waals surface area contributed by atoms with Crippen LogP contribution in [0.1, 0.15) is 30.4 Å². The number of nitrogens with zero attached hydrogens (tertiary/aromatic N) is 1. The average molecular weight is 234 g/mol. The van der Waals surface area contributed by atoms with Gasteiger partial charge < -0.3 is 10.4 Å². The third-order valence-corrected chi connectivity index (χ3v) is 3.45. The third-order valence-electron chi connectivity index (χ3n) is 3.45. The van der Waals surface area contributed by atoms with Crippen molar-refractivity contribution in [3.05, 3.63) is 35.1 Å². The Morgan fingerprint density at radius 2 is 2.24 bits per heavy atom.